The number of nitrogens with zero attached hydrogens (tertiary/aromatic N) is 1. The molecule has 8 heteroatoms. The fourth-order valence-electron chi connectivity index (χ4n) is 4.36. The Morgan fingerprint density at radius 1 is 1.06 bits per heavy atom. The van der Waals surface area contributed by atoms with E-state index in [1.165, 1.54) is 6.07 Å². The maximum Gasteiger partial charge on any atom is 0.228 e. The fourth-order valence-corrected chi connectivity index (χ4v) is 4.36. The number of furan rings is 2. The molecule has 4 heterocycles. The molecule has 8 nitrogen and oxygen atoms in total. The second kappa shape index (κ2) is 9.70. The van der Waals surface area contributed by atoms with Crippen LogP contribution in [0.3, 0.4) is 0 Å². The van der Waals surface area contributed by atoms with E-state index < -0.39 is 0 Å². The maximum atomic E-state index is 13.1. The molecule has 34 heavy (non-hydrogen) atoms. The van der Waals surface area contributed by atoms with Gasteiger partial charge in [-0.1, -0.05) is 30.3 Å². The SMILES string of the molecule is Cc1cc(=O)c2oc(-c3ccccc3)c(CC(=O)NCC(c3ccco3)N3CCOCC3)c2o1. The Balaban J connectivity index is 1.41. The van der Waals surface area contributed by atoms with Crippen molar-refractivity contribution in [2.24, 2.45) is 0 Å². The van der Waals surface area contributed by atoms with Gasteiger partial charge in [-0.3, -0.25) is 14.5 Å². The standard InChI is InChI=1S/C26H26N2O6/c1-17-14-21(29)26-25(33-17)19(24(34-26)18-6-3-2-4-7-18)15-23(30)27-16-20(22-8-5-11-32-22)28-9-12-31-13-10-28/h2-8,11,14,20H,9-10,12-13,15-16H2,1H3,(H,27,30). The lowest BCUT2D eigenvalue weighted by atomic mass is 10.1. The molecule has 4 aromatic rings. The summed E-state index contributed by atoms with van der Waals surface area (Å²) in [5.74, 6) is 1.52. The highest BCUT2D eigenvalue weighted by Crippen LogP contribution is 2.33. The molecule has 0 spiro atoms. The van der Waals surface area contributed by atoms with E-state index >= 15 is 0 Å². The number of morpholine rings is 1. The van der Waals surface area contributed by atoms with Gasteiger partial charge in [-0.2, -0.15) is 0 Å². The number of amides is 1. The van der Waals surface area contributed by atoms with Crippen molar-refractivity contribution in [2.75, 3.05) is 32.8 Å². The first kappa shape index (κ1) is 22.2. The van der Waals surface area contributed by atoms with E-state index in [9.17, 15) is 9.59 Å². The average molecular weight is 463 g/mol. The zero-order valence-electron chi connectivity index (χ0n) is 18.9. The minimum Gasteiger partial charge on any atom is -0.468 e. The second-order valence-corrected chi connectivity index (χ2v) is 8.32. The molecule has 0 saturated carbocycles. The fraction of sp³-hybridized carbons (Fsp3) is 0.308. The van der Waals surface area contributed by atoms with E-state index in [0.29, 0.717) is 42.4 Å². The number of hydrogen-bond donors (Lipinski definition) is 1. The van der Waals surface area contributed by atoms with Gasteiger partial charge in [0.15, 0.2) is 5.58 Å². The summed E-state index contributed by atoms with van der Waals surface area (Å²) in [4.78, 5) is 27.9. The minimum atomic E-state index is -0.271. The molecule has 1 N–H and O–H groups in total. The highest BCUT2D eigenvalue weighted by molar-refractivity contribution is 5.89. The molecule has 1 aliphatic heterocycles. The monoisotopic (exact) mass is 462 g/mol. The maximum absolute atomic E-state index is 13.1. The van der Waals surface area contributed by atoms with Gasteiger partial charge >= 0.3 is 0 Å². The number of carbonyl (C=O) groups excluding carboxylic acids is 1. The molecule has 176 valence electrons. The lowest BCUT2D eigenvalue weighted by Crippen LogP contribution is -2.44. The molecular formula is C26H26N2O6. The summed E-state index contributed by atoms with van der Waals surface area (Å²) in [7, 11) is 0. The molecule has 1 aliphatic rings. The third kappa shape index (κ3) is 4.55. The summed E-state index contributed by atoms with van der Waals surface area (Å²) in [5, 5.41) is 3.04. The summed E-state index contributed by atoms with van der Waals surface area (Å²) in [6.07, 6.45) is 1.65. The van der Waals surface area contributed by atoms with E-state index in [2.05, 4.69) is 10.2 Å². The first-order chi connectivity index (χ1) is 16.6. The van der Waals surface area contributed by atoms with Crippen LogP contribution >= 0.6 is 0 Å². The smallest absolute Gasteiger partial charge is 0.228 e. The molecular weight excluding hydrogens is 436 g/mol. The third-order valence-electron chi connectivity index (χ3n) is 6.00. The molecule has 3 aromatic heterocycles. The molecule has 0 radical (unpaired) electrons. The van der Waals surface area contributed by atoms with Gasteiger partial charge in [0.25, 0.3) is 0 Å². The Morgan fingerprint density at radius 3 is 2.59 bits per heavy atom. The number of benzene rings is 1. The number of carbonyl (C=O) groups is 1. The van der Waals surface area contributed by atoms with Crippen LogP contribution < -0.4 is 10.7 Å². The van der Waals surface area contributed by atoms with Gasteiger partial charge < -0.3 is 23.3 Å². The largest absolute Gasteiger partial charge is 0.468 e. The van der Waals surface area contributed by atoms with Gasteiger partial charge in [0.05, 0.1) is 37.5 Å². The van der Waals surface area contributed by atoms with Gasteiger partial charge in [0, 0.05) is 31.3 Å². The van der Waals surface area contributed by atoms with E-state index in [0.717, 1.165) is 24.4 Å². The van der Waals surface area contributed by atoms with Crippen LogP contribution in [0.5, 0.6) is 0 Å². The predicted molar refractivity (Wildman–Crippen MR) is 125 cm³/mol. The van der Waals surface area contributed by atoms with Crippen molar-refractivity contribution in [1.29, 1.82) is 0 Å². The summed E-state index contributed by atoms with van der Waals surface area (Å²) in [6.45, 7) is 4.89. The number of hydrogen-bond acceptors (Lipinski definition) is 7. The first-order valence-electron chi connectivity index (χ1n) is 11.3. The van der Waals surface area contributed by atoms with Gasteiger partial charge in [0.2, 0.25) is 16.9 Å². The summed E-state index contributed by atoms with van der Waals surface area (Å²) in [6, 6.07) is 14.5. The van der Waals surface area contributed by atoms with Crippen LogP contribution in [0.15, 0.2) is 72.8 Å². The van der Waals surface area contributed by atoms with Crippen molar-refractivity contribution in [3.63, 3.8) is 0 Å². The minimum absolute atomic E-state index is 0.0115. The van der Waals surface area contributed by atoms with Crippen LogP contribution in [0.4, 0.5) is 0 Å². The number of aryl methyl sites for hydroxylation is 1. The number of nitrogens with one attached hydrogen (secondary N) is 1. The topological polar surface area (TPSA) is 98.1 Å². The lowest BCUT2D eigenvalue weighted by Gasteiger charge is -2.33. The van der Waals surface area contributed by atoms with Gasteiger partial charge in [-0.15, -0.1) is 0 Å². The molecule has 0 bridgehead atoms. The zero-order valence-corrected chi connectivity index (χ0v) is 18.9. The molecule has 0 aliphatic carbocycles. The van der Waals surface area contributed by atoms with Crippen molar-refractivity contribution in [1.82, 2.24) is 10.2 Å². The highest BCUT2D eigenvalue weighted by atomic mass is 16.5. The molecule has 1 saturated heterocycles. The molecule has 5 rings (SSSR count). The van der Waals surface area contributed by atoms with Crippen LogP contribution in [-0.2, 0) is 16.0 Å². The van der Waals surface area contributed by atoms with E-state index in [-0.39, 0.29) is 29.4 Å². The third-order valence-corrected chi connectivity index (χ3v) is 6.00. The summed E-state index contributed by atoms with van der Waals surface area (Å²) >= 11 is 0. The van der Waals surface area contributed by atoms with Crippen LogP contribution in [-0.4, -0.2) is 43.7 Å². The van der Waals surface area contributed by atoms with Crippen molar-refractivity contribution < 1.29 is 22.8 Å². The first-order valence-corrected chi connectivity index (χ1v) is 11.3. The molecule has 1 fully saturated rings. The van der Waals surface area contributed by atoms with Gasteiger partial charge in [0.1, 0.15) is 17.3 Å². The Morgan fingerprint density at radius 2 is 1.85 bits per heavy atom. The van der Waals surface area contributed by atoms with Crippen molar-refractivity contribution in [3.05, 3.63) is 82.1 Å². The quantitative estimate of drug-likeness (QED) is 0.447. The molecule has 1 amide bonds. The molecule has 1 unspecified atom stereocenters. The zero-order chi connectivity index (χ0) is 23.5. The highest BCUT2D eigenvalue weighted by Gasteiger charge is 2.27. The van der Waals surface area contributed by atoms with Gasteiger partial charge in [-0.05, 0) is 19.1 Å². The number of ether oxygens (including phenoxy) is 1. The summed E-state index contributed by atoms with van der Waals surface area (Å²) < 4.78 is 22.9. The van der Waals surface area contributed by atoms with E-state index in [1.54, 1.807) is 13.2 Å². The van der Waals surface area contributed by atoms with Crippen molar-refractivity contribution in [3.8, 4) is 11.3 Å². The summed E-state index contributed by atoms with van der Waals surface area (Å²) in [5.41, 5.74) is 1.49. The molecule has 1 atom stereocenters. The van der Waals surface area contributed by atoms with Crippen LogP contribution in [0.25, 0.3) is 22.5 Å². The Hall–Kier alpha value is -3.62. The number of fused-ring (bicyclic) bond motifs is 1. The second-order valence-electron chi connectivity index (χ2n) is 8.32. The number of rotatable bonds is 7. The van der Waals surface area contributed by atoms with Crippen molar-refractivity contribution >= 4 is 17.1 Å². The van der Waals surface area contributed by atoms with E-state index in [1.807, 2.05) is 42.5 Å². The Kier molecular flexibility index (Phi) is 6.33. The van der Waals surface area contributed by atoms with Crippen molar-refractivity contribution in [2.45, 2.75) is 19.4 Å². The van der Waals surface area contributed by atoms with Crippen LogP contribution in [0, 0.1) is 6.92 Å². The molecule has 1 aromatic carbocycles. The van der Waals surface area contributed by atoms with E-state index in [4.69, 9.17) is 18.0 Å². The lowest BCUT2D eigenvalue weighted by molar-refractivity contribution is -0.120. The van der Waals surface area contributed by atoms with Gasteiger partial charge in [-0.25, -0.2) is 0 Å². The Bertz CT molecular complexity index is 1320. The van der Waals surface area contributed by atoms with Crippen LogP contribution in [0.2, 0.25) is 0 Å². The van der Waals surface area contributed by atoms with Crippen LogP contribution in [0.1, 0.15) is 23.1 Å². The Labute approximate surface area is 196 Å². The average Bonchev–Trinajstić information content (AvgIpc) is 3.50. The predicted octanol–water partition coefficient (Wildman–Crippen LogP) is 3.69. The normalized spacial score (nSPS) is 15.4.